The summed E-state index contributed by atoms with van der Waals surface area (Å²) in [6.07, 6.45) is 6.33. The Kier molecular flexibility index (Phi) is 5.87. The molecule has 1 aromatic rings. The maximum atomic E-state index is 11.6. The van der Waals surface area contributed by atoms with Crippen molar-refractivity contribution in [3.05, 3.63) is 29.6 Å². The van der Waals surface area contributed by atoms with Gasteiger partial charge < -0.3 is 15.2 Å². The lowest BCUT2D eigenvalue weighted by molar-refractivity contribution is -0.174. The number of nitrogens with two attached hydrogens (primary N) is 1. The number of halogens is 1. The van der Waals surface area contributed by atoms with Gasteiger partial charge in [0.15, 0.2) is 0 Å². The van der Waals surface area contributed by atoms with Crippen molar-refractivity contribution in [3.63, 3.8) is 0 Å². The molecule has 7 heteroatoms. The number of methoxy groups -OCH3 is 1. The van der Waals surface area contributed by atoms with Crippen molar-refractivity contribution in [2.24, 2.45) is 17.6 Å². The lowest BCUT2D eigenvalue weighted by atomic mass is 9.62. The monoisotopic (exact) mass is 381 g/mol. The standard InChI is InChI=1S/C19H27N3O3.ClH/c1-24-19(13-5-7-21-17(9-13)18(20)23)14-3-2-4-15(19)11-22(10-14)16-6-8-25-12-16;/h5,7,9,14-16H,2-4,6,8,10-12H2,1H3,(H2,20,23);1H/t14?,15?,16-,19?;/m0./s1. The second-order valence-corrected chi connectivity index (χ2v) is 7.59. The minimum atomic E-state index is -0.487. The lowest BCUT2D eigenvalue weighted by Crippen LogP contribution is -2.61. The summed E-state index contributed by atoms with van der Waals surface area (Å²) in [5.41, 5.74) is 6.48. The number of fused-ring (bicyclic) bond motifs is 2. The molecule has 0 spiro atoms. The highest BCUT2D eigenvalue weighted by atomic mass is 35.5. The molecule has 3 fully saturated rings. The Balaban J connectivity index is 0.00000196. The fourth-order valence-electron chi connectivity index (χ4n) is 5.31. The van der Waals surface area contributed by atoms with E-state index in [-0.39, 0.29) is 18.0 Å². The molecule has 2 saturated heterocycles. The maximum absolute atomic E-state index is 11.6. The van der Waals surface area contributed by atoms with Crippen molar-refractivity contribution in [2.75, 3.05) is 33.4 Å². The molecule has 1 aliphatic carbocycles. The molecule has 6 nitrogen and oxygen atoms in total. The molecule has 4 rings (SSSR count). The zero-order valence-electron chi connectivity index (χ0n) is 15.2. The number of pyridine rings is 1. The molecule has 0 aromatic carbocycles. The van der Waals surface area contributed by atoms with Gasteiger partial charge in [0.25, 0.3) is 5.91 Å². The van der Waals surface area contributed by atoms with Crippen LogP contribution in [0.1, 0.15) is 41.7 Å². The molecule has 2 N–H and O–H groups in total. The van der Waals surface area contributed by atoms with Gasteiger partial charge >= 0.3 is 0 Å². The molecule has 3 heterocycles. The van der Waals surface area contributed by atoms with Crippen LogP contribution < -0.4 is 5.73 Å². The number of likely N-dealkylation sites (tertiary alicyclic amines) is 1. The quantitative estimate of drug-likeness (QED) is 0.862. The lowest BCUT2D eigenvalue weighted by Gasteiger charge is -2.56. The minimum absolute atomic E-state index is 0. The maximum Gasteiger partial charge on any atom is 0.267 e. The Hall–Kier alpha value is -1.21. The molecule has 0 radical (unpaired) electrons. The van der Waals surface area contributed by atoms with Gasteiger partial charge in [-0.15, -0.1) is 12.4 Å². The van der Waals surface area contributed by atoms with Crippen LogP contribution in [0.2, 0.25) is 0 Å². The van der Waals surface area contributed by atoms with Gasteiger partial charge in [0.1, 0.15) is 11.3 Å². The molecule has 1 saturated carbocycles. The van der Waals surface area contributed by atoms with Crippen LogP contribution in [0.5, 0.6) is 0 Å². The van der Waals surface area contributed by atoms with E-state index in [4.69, 9.17) is 15.2 Å². The molecule has 1 amide bonds. The van der Waals surface area contributed by atoms with Crippen LogP contribution in [-0.4, -0.2) is 55.2 Å². The van der Waals surface area contributed by atoms with Gasteiger partial charge in [-0.1, -0.05) is 6.42 Å². The fraction of sp³-hybridized carbons (Fsp3) is 0.684. The van der Waals surface area contributed by atoms with Crippen LogP contribution in [0, 0.1) is 11.8 Å². The Bertz CT molecular complexity index is 637. The molecule has 2 aliphatic heterocycles. The SMILES string of the molecule is COC1(c2ccnc(C(N)=O)c2)C2CCCC1CN([C@H]1CCOC1)C2.Cl. The van der Waals surface area contributed by atoms with Crippen molar-refractivity contribution >= 4 is 18.3 Å². The third kappa shape index (κ3) is 3.13. The van der Waals surface area contributed by atoms with Crippen molar-refractivity contribution in [1.29, 1.82) is 0 Å². The van der Waals surface area contributed by atoms with E-state index < -0.39 is 5.91 Å². The van der Waals surface area contributed by atoms with Crippen LogP contribution in [0.4, 0.5) is 0 Å². The first-order chi connectivity index (χ1) is 12.1. The Morgan fingerprint density at radius 1 is 1.35 bits per heavy atom. The van der Waals surface area contributed by atoms with Gasteiger partial charge in [-0.25, -0.2) is 0 Å². The van der Waals surface area contributed by atoms with E-state index in [1.807, 2.05) is 19.2 Å². The zero-order valence-corrected chi connectivity index (χ0v) is 16.0. The number of piperidine rings is 1. The summed E-state index contributed by atoms with van der Waals surface area (Å²) in [5, 5.41) is 0. The molecule has 1 aromatic heterocycles. The number of nitrogens with zero attached hydrogens (tertiary/aromatic N) is 2. The second kappa shape index (κ2) is 7.80. The Morgan fingerprint density at radius 3 is 2.65 bits per heavy atom. The van der Waals surface area contributed by atoms with Crippen LogP contribution in [-0.2, 0) is 15.1 Å². The van der Waals surface area contributed by atoms with Gasteiger partial charge in [0.05, 0.1) is 6.61 Å². The zero-order chi connectivity index (χ0) is 17.4. The van der Waals surface area contributed by atoms with E-state index in [2.05, 4.69) is 9.88 Å². The predicted octanol–water partition coefficient (Wildman–Crippen LogP) is 1.96. The van der Waals surface area contributed by atoms with Gasteiger partial charge in [-0.05, 0) is 37.0 Å². The number of rotatable bonds is 4. The molecule has 144 valence electrons. The summed E-state index contributed by atoms with van der Waals surface area (Å²) in [7, 11) is 1.81. The summed E-state index contributed by atoms with van der Waals surface area (Å²) in [4.78, 5) is 18.3. The summed E-state index contributed by atoms with van der Waals surface area (Å²) in [6.45, 7) is 3.76. The number of ether oxygens (including phenoxy) is 2. The van der Waals surface area contributed by atoms with Crippen LogP contribution >= 0.6 is 12.4 Å². The van der Waals surface area contributed by atoms with Crippen LogP contribution in [0.15, 0.2) is 18.3 Å². The van der Waals surface area contributed by atoms with E-state index in [0.717, 1.165) is 51.1 Å². The number of carbonyl (C=O) groups is 1. The molecule has 2 bridgehead atoms. The van der Waals surface area contributed by atoms with E-state index in [1.165, 1.54) is 6.42 Å². The minimum Gasteiger partial charge on any atom is -0.380 e. The van der Waals surface area contributed by atoms with E-state index in [0.29, 0.717) is 23.6 Å². The summed E-state index contributed by atoms with van der Waals surface area (Å²) >= 11 is 0. The van der Waals surface area contributed by atoms with E-state index in [1.54, 1.807) is 6.20 Å². The largest absolute Gasteiger partial charge is 0.380 e. The summed E-state index contributed by atoms with van der Waals surface area (Å²) in [5.74, 6) is 0.334. The fourth-order valence-corrected chi connectivity index (χ4v) is 5.31. The van der Waals surface area contributed by atoms with Gasteiger partial charge in [-0.2, -0.15) is 0 Å². The van der Waals surface area contributed by atoms with Crippen molar-refractivity contribution in [3.8, 4) is 0 Å². The van der Waals surface area contributed by atoms with E-state index >= 15 is 0 Å². The van der Waals surface area contributed by atoms with Crippen molar-refractivity contribution in [2.45, 2.75) is 37.3 Å². The third-order valence-corrected chi connectivity index (χ3v) is 6.45. The molecule has 3 atom stereocenters. The molecule has 2 unspecified atom stereocenters. The smallest absolute Gasteiger partial charge is 0.267 e. The van der Waals surface area contributed by atoms with Gasteiger partial charge in [0.2, 0.25) is 0 Å². The highest BCUT2D eigenvalue weighted by Gasteiger charge is 2.54. The molecule has 3 aliphatic rings. The number of hydrogen-bond acceptors (Lipinski definition) is 5. The highest BCUT2D eigenvalue weighted by molar-refractivity contribution is 5.90. The number of carbonyl (C=O) groups excluding carboxylic acids is 1. The van der Waals surface area contributed by atoms with Gasteiger partial charge in [0, 0.05) is 50.9 Å². The summed E-state index contributed by atoms with van der Waals surface area (Å²) < 4.78 is 11.8. The first kappa shape index (κ1) is 19.5. The topological polar surface area (TPSA) is 77.7 Å². The van der Waals surface area contributed by atoms with E-state index in [9.17, 15) is 4.79 Å². The number of primary amides is 1. The Labute approximate surface area is 160 Å². The molecule has 26 heavy (non-hydrogen) atoms. The molecular weight excluding hydrogens is 354 g/mol. The normalized spacial score (nSPS) is 34.3. The van der Waals surface area contributed by atoms with Crippen LogP contribution in [0.25, 0.3) is 0 Å². The first-order valence-corrected chi connectivity index (χ1v) is 9.28. The van der Waals surface area contributed by atoms with Crippen molar-refractivity contribution < 1.29 is 14.3 Å². The predicted molar refractivity (Wildman–Crippen MR) is 100 cm³/mol. The average molecular weight is 382 g/mol. The van der Waals surface area contributed by atoms with Gasteiger partial charge in [-0.3, -0.25) is 14.7 Å². The third-order valence-electron chi connectivity index (χ3n) is 6.45. The van der Waals surface area contributed by atoms with Crippen molar-refractivity contribution in [1.82, 2.24) is 9.88 Å². The number of amides is 1. The molecular formula is C19H28ClN3O3. The Morgan fingerprint density at radius 2 is 2.08 bits per heavy atom. The average Bonchev–Trinajstić information content (AvgIpc) is 3.15. The highest BCUT2D eigenvalue weighted by Crippen LogP contribution is 2.52. The number of hydrogen-bond donors (Lipinski definition) is 1. The first-order valence-electron chi connectivity index (χ1n) is 9.28. The summed E-state index contributed by atoms with van der Waals surface area (Å²) in [6, 6.07) is 4.37. The van der Waals surface area contributed by atoms with Crippen LogP contribution in [0.3, 0.4) is 0 Å². The number of aromatic nitrogens is 1. The second-order valence-electron chi connectivity index (χ2n) is 7.59.